The first-order valence-corrected chi connectivity index (χ1v) is 9.34. The highest BCUT2D eigenvalue weighted by molar-refractivity contribution is 6.03. The van der Waals surface area contributed by atoms with Crippen LogP contribution in [0.25, 0.3) is 0 Å². The minimum atomic E-state index is -1.39. The highest BCUT2D eigenvalue weighted by Crippen LogP contribution is 2.25. The highest BCUT2D eigenvalue weighted by atomic mass is 16.6. The van der Waals surface area contributed by atoms with Crippen molar-refractivity contribution < 1.29 is 28.6 Å². The van der Waals surface area contributed by atoms with Gasteiger partial charge in [-0.3, -0.25) is 4.79 Å². The third-order valence-electron chi connectivity index (χ3n) is 4.24. The predicted octanol–water partition coefficient (Wildman–Crippen LogP) is 3.71. The summed E-state index contributed by atoms with van der Waals surface area (Å²) in [5, 5.41) is 0. The Kier molecular flexibility index (Phi) is 8.11. The molecule has 0 spiro atoms. The SMILES string of the molecule is C=CC(=O)OCCOc1ccc(CC(C)(OC(=O)C=C)C(=O)c2ccccc2)cc1. The number of carbonyl (C=O) groups excluding carboxylic acids is 3. The van der Waals surface area contributed by atoms with Crippen LogP contribution in [0.15, 0.2) is 79.9 Å². The fraction of sp³-hybridized carbons (Fsp3) is 0.208. The number of ether oxygens (including phenoxy) is 3. The number of rotatable bonds is 11. The molecule has 0 aliphatic heterocycles. The summed E-state index contributed by atoms with van der Waals surface area (Å²) in [7, 11) is 0. The van der Waals surface area contributed by atoms with E-state index in [1.807, 2.05) is 0 Å². The van der Waals surface area contributed by atoms with Gasteiger partial charge in [-0.05, 0) is 24.6 Å². The summed E-state index contributed by atoms with van der Waals surface area (Å²) in [4.78, 5) is 35.9. The van der Waals surface area contributed by atoms with Crippen LogP contribution < -0.4 is 4.74 Å². The van der Waals surface area contributed by atoms with E-state index in [1.54, 1.807) is 61.5 Å². The molecule has 0 amide bonds. The Hall–Kier alpha value is -3.67. The molecule has 0 radical (unpaired) electrons. The standard InChI is InChI=1S/C24H24O6/c1-4-21(25)29-16-15-28-20-13-11-18(12-14-20)17-24(3,30-22(26)5-2)23(27)19-9-7-6-8-10-19/h4-14H,1-2,15-17H2,3H3. The summed E-state index contributed by atoms with van der Waals surface area (Å²) >= 11 is 0. The molecular weight excluding hydrogens is 384 g/mol. The maximum absolute atomic E-state index is 13.1. The average molecular weight is 408 g/mol. The molecule has 6 heteroatoms. The zero-order valence-electron chi connectivity index (χ0n) is 16.8. The zero-order chi connectivity index (χ0) is 22.0. The summed E-state index contributed by atoms with van der Waals surface area (Å²) in [5.41, 5.74) is -0.164. The summed E-state index contributed by atoms with van der Waals surface area (Å²) in [6.07, 6.45) is 2.30. The Bertz CT molecular complexity index is 901. The molecule has 156 valence electrons. The average Bonchev–Trinajstić information content (AvgIpc) is 2.77. The lowest BCUT2D eigenvalue weighted by atomic mass is 9.88. The van der Waals surface area contributed by atoms with Gasteiger partial charge in [0.15, 0.2) is 5.60 Å². The lowest BCUT2D eigenvalue weighted by Gasteiger charge is -2.28. The van der Waals surface area contributed by atoms with E-state index < -0.39 is 17.5 Å². The van der Waals surface area contributed by atoms with E-state index in [4.69, 9.17) is 14.2 Å². The van der Waals surface area contributed by atoms with Crippen LogP contribution in [0, 0.1) is 0 Å². The molecule has 0 saturated heterocycles. The normalized spacial score (nSPS) is 12.2. The number of hydrogen-bond acceptors (Lipinski definition) is 6. The minimum Gasteiger partial charge on any atom is -0.490 e. The number of carbonyl (C=O) groups is 3. The Morgan fingerprint density at radius 3 is 2.13 bits per heavy atom. The van der Waals surface area contributed by atoms with E-state index in [1.165, 1.54) is 0 Å². The van der Waals surface area contributed by atoms with Crippen molar-refractivity contribution in [3.8, 4) is 5.75 Å². The van der Waals surface area contributed by atoms with Crippen molar-refractivity contribution in [3.63, 3.8) is 0 Å². The second-order valence-corrected chi connectivity index (χ2v) is 6.59. The number of esters is 2. The smallest absolute Gasteiger partial charge is 0.331 e. The Labute approximate surface area is 175 Å². The van der Waals surface area contributed by atoms with Gasteiger partial charge in [-0.25, -0.2) is 9.59 Å². The topological polar surface area (TPSA) is 78.9 Å². The summed E-state index contributed by atoms with van der Waals surface area (Å²) in [6.45, 7) is 8.61. The van der Waals surface area contributed by atoms with Gasteiger partial charge in [0.2, 0.25) is 5.78 Å². The van der Waals surface area contributed by atoms with Crippen molar-refractivity contribution in [1.29, 1.82) is 0 Å². The van der Waals surface area contributed by atoms with Crippen molar-refractivity contribution in [2.45, 2.75) is 18.9 Å². The first kappa shape index (κ1) is 22.6. The van der Waals surface area contributed by atoms with Gasteiger partial charge in [0.1, 0.15) is 19.0 Å². The quantitative estimate of drug-likeness (QED) is 0.244. The fourth-order valence-corrected chi connectivity index (χ4v) is 2.78. The van der Waals surface area contributed by atoms with Gasteiger partial charge in [0.05, 0.1) is 0 Å². The molecule has 0 aliphatic rings. The Balaban J connectivity index is 2.09. The van der Waals surface area contributed by atoms with Gasteiger partial charge in [-0.15, -0.1) is 0 Å². The largest absolute Gasteiger partial charge is 0.490 e. The number of Topliss-reactive ketones (excluding diaryl/α,β-unsaturated/α-hetero) is 1. The molecule has 0 heterocycles. The summed E-state index contributed by atoms with van der Waals surface area (Å²) < 4.78 is 15.8. The van der Waals surface area contributed by atoms with Crippen LogP contribution in [0.4, 0.5) is 0 Å². The van der Waals surface area contributed by atoms with Crippen molar-refractivity contribution in [1.82, 2.24) is 0 Å². The van der Waals surface area contributed by atoms with Gasteiger partial charge in [0.25, 0.3) is 0 Å². The van der Waals surface area contributed by atoms with Crippen LogP contribution in [0.1, 0.15) is 22.8 Å². The Morgan fingerprint density at radius 1 is 0.900 bits per heavy atom. The van der Waals surface area contributed by atoms with Gasteiger partial charge in [-0.1, -0.05) is 55.6 Å². The lowest BCUT2D eigenvalue weighted by Crippen LogP contribution is -2.42. The molecule has 2 rings (SSSR count). The molecule has 1 unspecified atom stereocenters. The van der Waals surface area contributed by atoms with Gasteiger partial charge < -0.3 is 14.2 Å². The molecule has 2 aromatic rings. The van der Waals surface area contributed by atoms with Crippen molar-refractivity contribution in [3.05, 3.63) is 91.0 Å². The molecule has 6 nitrogen and oxygen atoms in total. The lowest BCUT2D eigenvalue weighted by molar-refractivity contribution is -0.147. The molecular formula is C24H24O6. The monoisotopic (exact) mass is 408 g/mol. The third-order valence-corrected chi connectivity index (χ3v) is 4.24. The van der Waals surface area contributed by atoms with Crippen molar-refractivity contribution in [2.24, 2.45) is 0 Å². The van der Waals surface area contributed by atoms with E-state index in [-0.39, 0.29) is 25.4 Å². The summed E-state index contributed by atoms with van der Waals surface area (Å²) in [5.74, 6) is -0.906. The van der Waals surface area contributed by atoms with E-state index in [0.29, 0.717) is 11.3 Å². The second-order valence-electron chi connectivity index (χ2n) is 6.59. The first-order valence-electron chi connectivity index (χ1n) is 9.34. The molecule has 0 N–H and O–H groups in total. The predicted molar refractivity (Wildman–Crippen MR) is 112 cm³/mol. The zero-order valence-corrected chi connectivity index (χ0v) is 16.8. The van der Waals surface area contributed by atoms with Crippen LogP contribution >= 0.6 is 0 Å². The van der Waals surface area contributed by atoms with E-state index >= 15 is 0 Å². The number of ketones is 1. The maximum Gasteiger partial charge on any atom is 0.331 e. The van der Waals surface area contributed by atoms with Crippen molar-refractivity contribution in [2.75, 3.05) is 13.2 Å². The highest BCUT2D eigenvalue weighted by Gasteiger charge is 2.37. The van der Waals surface area contributed by atoms with E-state index in [9.17, 15) is 14.4 Å². The molecule has 2 aromatic carbocycles. The molecule has 0 aromatic heterocycles. The number of hydrogen-bond donors (Lipinski definition) is 0. The second kappa shape index (κ2) is 10.8. The first-order chi connectivity index (χ1) is 14.4. The van der Waals surface area contributed by atoms with E-state index in [2.05, 4.69) is 13.2 Å². The Morgan fingerprint density at radius 2 is 1.53 bits per heavy atom. The molecule has 0 saturated carbocycles. The third kappa shape index (κ3) is 6.44. The molecule has 0 aliphatic carbocycles. The summed E-state index contributed by atoms with van der Waals surface area (Å²) in [6, 6.07) is 15.7. The maximum atomic E-state index is 13.1. The van der Waals surface area contributed by atoms with Gasteiger partial charge >= 0.3 is 11.9 Å². The van der Waals surface area contributed by atoms with Gasteiger partial charge in [-0.2, -0.15) is 0 Å². The van der Waals surface area contributed by atoms with Crippen LogP contribution in [-0.4, -0.2) is 36.5 Å². The molecule has 30 heavy (non-hydrogen) atoms. The van der Waals surface area contributed by atoms with Crippen LogP contribution in [-0.2, 0) is 25.5 Å². The molecule has 1 atom stereocenters. The van der Waals surface area contributed by atoms with Crippen LogP contribution in [0.3, 0.4) is 0 Å². The van der Waals surface area contributed by atoms with Gasteiger partial charge in [0, 0.05) is 24.1 Å². The number of benzene rings is 2. The fourth-order valence-electron chi connectivity index (χ4n) is 2.78. The van der Waals surface area contributed by atoms with Crippen molar-refractivity contribution >= 4 is 17.7 Å². The van der Waals surface area contributed by atoms with Crippen LogP contribution in [0.2, 0.25) is 0 Å². The van der Waals surface area contributed by atoms with E-state index in [0.717, 1.165) is 17.7 Å². The minimum absolute atomic E-state index is 0.105. The molecule has 0 bridgehead atoms. The molecule has 0 fully saturated rings. The van der Waals surface area contributed by atoms with Crippen LogP contribution in [0.5, 0.6) is 5.75 Å².